The molecule has 34 heavy (non-hydrogen) atoms. The van der Waals surface area contributed by atoms with Gasteiger partial charge >= 0.3 is 23.9 Å². The molecule has 0 atom stereocenters. The molecule has 1 aliphatic heterocycles. The molecular formula is C25H24O9. The monoisotopic (exact) mass is 468 g/mol. The van der Waals surface area contributed by atoms with Gasteiger partial charge in [-0.15, -0.1) is 0 Å². The number of carbonyl (C=O) groups excluding carboxylic acids is 6. The molecule has 0 fully saturated rings. The highest BCUT2D eigenvalue weighted by Crippen LogP contribution is 2.21. The minimum absolute atomic E-state index is 0.0267. The van der Waals surface area contributed by atoms with Gasteiger partial charge in [0.1, 0.15) is 13.2 Å². The Balaban J connectivity index is 0.00000129. The Morgan fingerprint density at radius 2 is 1.18 bits per heavy atom. The minimum atomic E-state index is -0.843. The van der Waals surface area contributed by atoms with Crippen molar-refractivity contribution >= 4 is 35.4 Å². The first kappa shape index (κ1) is 26.1. The van der Waals surface area contributed by atoms with Gasteiger partial charge in [-0.2, -0.15) is 0 Å². The summed E-state index contributed by atoms with van der Waals surface area (Å²) in [4.78, 5) is 70.5. The molecule has 9 nitrogen and oxygen atoms in total. The van der Waals surface area contributed by atoms with Crippen molar-refractivity contribution in [1.82, 2.24) is 0 Å². The molecule has 9 heteroatoms. The number of cyclic esters (lactones) is 2. The maximum absolute atomic E-state index is 12.2. The molecule has 1 aliphatic rings. The van der Waals surface area contributed by atoms with E-state index in [0.717, 1.165) is 0 Å². The Hall–Kier alpha value is -4.14. The fraction of sp³-hybridized carbons (Fsp3) is 0.280. The average Bonchev–Trinajstić information content (AvgIpc) is 3.09. The highest BCUT2D eigenvalue weighted by molar-refractivity contribution is 6.15. The second kappa shape index (κ2) is 11.6. The lowest BCUT2D eigenvalue weighted by atomic mass is 9.98. The maximum Gasteiger partial charge on any atom is 0.346 e. The average molecular weight is 468 g/mol. The summed E-state index contributed by atoms with van der Waals surface area (Å²) in [6, 6.07) is 7.81. The Morgan fingerprint density at radius 3 is 1.71 bits per heavy atom. The van der Waals surface area contributed by atoms with Crippen molar-refractivity contribution in [2.24, 2.45) is 0 Å². The number of ketones is 2. The summed E-state index contributed by atoms with van der Waals surface area (Å²) in [5.41, 5.74) is 0.461. The van der Waals surface area contributed by atoms with Crippen LogP contribution in [0.25, 0.3) is 0 Å². The van der Waals surface area contributed by atoms with E-state index in [1.165, 1.54) is 56.7 Å². The van der Waals surface area contributed by atoms with Gasteiger partial charge in [0, 0.05) is 11.1 Å². The summed E-state index contributed by atoms with van der Waals surface area (Å²) in [5.74, 6) is -3.83. The fourth-order valence-corrected chi connectivity index (χ4v) is 2.92. The number of fused-ring (bicyclic) bond motifs is 1. The fourth-order valence-electron chi connectivity index (χ4n) is 2.92. The lowest BCUT2D eigenvalue weighted by molar-refractivity contribution is 0.0265. The normalized spacial score (nSPS) is 11.5. The van der Waals surface area contributed by atoms with Crippen LogP contribution < -0.4 is 0 Å². The SMILES string of the molecule is CC(=O)c1ccc(C(=O)OCCOC(=O)c2ccc3c(c2)C(=O)OC3=O)cc1C(C)=O.CCC. The number of esters is 4. The highest BCUT2D eigenvalue weighted by Gasteiger charge is 2.30. The van der Waals surface area contributed by atoms with Crippen molar-refractivity contribution in [3.8, 4) is 0 Å². The number of hydrogen-bond acceptors (Lipinski definition) is 9. The third-order valence-electron chi connectivity index (χ3n) is 4.44. The van der Waals surface area contributed by atoms with Crippen LogP contribution >= 0.6 is 0 Å². The lowest BCUT2D eigenvalue weighted by Crippen LogP contribution is -2.15. The third-order valence-corrected chi connectivity index (χ3v) is 4.44. The van der Waals surface area contributed by atoms with Crippen molar-refractivity contribution < 1.29 is 43.0 Å². The molecule has 2 aromatic carbocycles. The van der Waals surface area contributed by atoms with E-state index < -0.39 is 23.9 Å². The Kier molecular flexibility index (Phi) is 8.94. The summed E-state index contributed by atoms with van der Waals surface area (Å²) in [7, 11) is 0. The molecule has 0 radical (unpaired) electrons. The highest BCUT2D eigenvalue weighted by atomic mass is 16.6. The predicted octanol–water partition coefficient (Wildman–Crippen LogP) is 3.83. The number of carbonyl (C=O) groups is 6. The second-order valence-electron chi connectivity index (χ2n) is 7.29. The van der Waals surface area contributed by atoms with Gasteiger partial charge in [0.25, 0.3) is 0 Å². The summed E-state index contributed by atoms with van der Waals surface area (Å²) in [6.45, 7) is 6.32. The van der Waals surface area contributed by atoms with Crippen molar-refractivity contribution in [1.29, 1.82) is 0 Å². The van der Waals surface area contributed by atoms with E-state index in [4.69, 9.17) is 9.47 Å². The third kappa shape index (κ3) is 6.22. The Morgan fingerprint density at radius 1 is 0.706 bits per heavy atom. The van der Waals surface area contributed by atoms with Gasteiger partial charge in [0.05, 0.1) is 22.3 Å². The van der Waals surface area contributed by atoms with Crippen LogP contribution in [0.4, 0.5) is 0 Å². The smallest absolute Gasteiger partial charge is 0.346 e. The van der Waals surface area contributed by atoms with E-state index in [-0.39, 0.29) is 58.2 Å². The van der Waals surface area contributed by atoms with Crippen molar-refractivity contribution in [2.45, 2.75) is 34.1 Å². The summed E-state index contributed by atoms with van der Waals surface area (Å²) >= 11 is 0. The second-order valence-corrected chi connectivity index (χ2v) is 7.29. The molecule has 0 unspecified atom stereocenters. The van der Waals surface area contributed by atoms with E-state index >= 15 is 0 Å². The van der Waals surface area contributed by atoms with Gasteiger partial charge in [-0.3, -0.25) is 9.59 Å². The quantitative estimate of drug-likeness (QED) is 0.196. The molecule has 0 amide bonds. The number of benzene rings is 2. The predicted molar refractivity (Wildman–Crippen MR) is 119 cm³/mol. The molecule has 2 aromatic rings. The van der Waals surface area contributed by atoms with Crippen LogP contribution in [0.2, 0.25) is 0 Å². The van der Waals surface area contributed by atoms with Gasteiger partial charge in [0.15, 0.2) is 11.6 Å². The van der Waals surface area contributed by atoms with E-state index in [1.807, 2.05) is 0 Å². The van der Waals surface area contributed by atoms with Gasteiger partial charge in [-0.1, -0.05) is 20.3 Å². The van der Waals surface area contributed by atoms with Crippen LogP contribution in [0.15, 0.2) is 36.4 Å². The first-order valence-electron chi connectivity index (χ1n) is 10.5. The topological polar surface area (TPSA) is 130 Å². The zero-order valence-electron chi connectivity index (χ0n) is 19.3. The van der Waals surface area contributed by atoms with Gasteiger partial charge in [-0.05, 0) is 50.2 Å². The van der Waals surface area contributed by atoms with Crippen LogP contribution in [-0.4, -0.2) is 48.7 Å². The Labute approximate surface area is 196 Å². The molecular weight excluding hydrogens is 444 g/mol. The molecule has 0 aromatic heterocycles. The first-order valence-corrected chi connectivity index (χ1v) is 10.5. The van der Waals surface area contributed by atoms with E-state index in [1.54, 1.807) is 0 Å². The zero-order chi connectivity index (χ0) is 25.4. The summed E-state index contributed by atoms with van der Waals surface area (Å²) in [6.07, 6.45) is 1.25. The van der Waals surface area contributed by atoms with Gasteiger partial charge in [-0.25, -0.2) is 19.2 Å². The maximum atomic E-state index is 12.2. The minimum Gasteiger partial charge on any atom is -0.458 e. The molecule has 0 saturated carbocycles. The number of ether oxygens (including phenoxy) is 3. The molecule has 3 rings (SSSR count). The van der Waals surface area contributed by atoms with Crippen LogP contribution in [0, 0.1) is 0 Å². The molecule has 178 valence electrons. The first-order chi connectivity index (χ1) is 16.1. The summed E-state index contributed by atoms with van der Waals surface area (Å²) < 4.78 is 14.5. The van der Waals surface area contributed by atoms with Gasteiger partial charge < -0.3 is 14.2 Å². The lowest BCUT2D eigenvalue weighted by Gasteiger charge is -2.09. The Bertz CT molecular complexity index is 1160. The molecule has 0 saturated heterocycles. The van der Waals surface area contributed by atoms with Crippen LogP contribution in [0.5, 0.6) is 0 Å². The van der Waals surface area contributed by atoms with Crippen molar-refractivity contribution in [2.75, 3.05) is 13.2 Å². The van der Waals surface area contributed by atoms with Gasteiger partial charge in [0.2, 0.25) is 0 Å². The van der Waals surface area contributed by atoms with Crippen molar-refractivity contribution in [3.05, 3.63) is 69.8 Å². The molecule has 1 heterocycles. The molecule has 0 bridgehead atoms. The van der Waals surface area contributed by atoms with Crippen LogP contribution in [-0.2, 0) is 14.2 Å². The zero-order valence-corrected chi connectivity index (χ0v) is 19.3. The number of Topliss-reactive ketones (excluding diaryl/α,β-unsaturated/α-hetero) is 2. The molecule has 0 aliphatic carbocycles. The largest absolute Gasteiger partial charge is 0.458 e. The van der Waals surface area contributed by atoms with E-state index in [2.05, 4.69) is 18.6 Å². The van der Waals surface area contributed by atoms with E-state index in [9.17, 15) is 28.8 Å². The van der Waals surface area contributed by atoms with Crippen LogP contribution in [0.1, 0.15) is 96.3 Å². The standard InChI is InChI=1S/C22H16O9.C3H8/c1-11(23)15-5-3-13(9-17(15)12(2)24)19(25)29-7-8-30-20(26)14-4-6-16-18(10-14)22(28)31-21(16)27;1-3-2/h3-6,9-10H,7-8H2,1-2H3;3H2,1-2H3. The number of hydrogen-bond donors (Lipinski definition) is 0. The molecule has 0 N–H and O–H groups in total. The number of rotatable bonds is 7. The summed E-state index contributed by atoms with van der Waals surface area (Å²) in [5, 5.41) is 0. The van der Waals surface area contributed by atoms with Crippen LogP contribution in [0.3, 0.4) is 0 Å². The molecule has 0 spiro atoms. The van der Waals surface area contributed by atoms with Crippen molar-refractivity contribution in [3.63, 3.8) is 0 Å². The van der Waals surface area contributed by atoms with E-state index in [0.29, 0.717) is 0 Å².